The summed E-state index contributed by atoms with van der Waals surface area (Å²) in [5.41, 5.74) is 0. The van der Waals surface area contributed by atoms with E-state index in [4.69, 9.17) is 18.9 Å². The SMILES string of the molecule is CCCCCC/C=C\C/C=C\CCCCCCCCCC(=O)OC(COCCCCCCCCCCCCCCCC/C=C\CCCCCCCCCC)COC1OC(CO)C(O)C(O)C1O. The maximum atomic E-state index is 12.9. The van der Waals surface area contributed by atoms with Crippen LogP contribution in [-0.4, -0.2) is 89.6 Å². The summed E-state index contributed by atoms with van der Waals surface area (Å²) in [5, 5.41) is 40.3. The van der Waals surface area contributed by atoms with Crippen LogP contribution in [0, 0.1) is 0 Å². The molecule has 1 aliphatic heterocycles. The second-order valence-corrected chi connectivity index (χ2v) is 19.7. The Bertz CT molecular complexity index is 1130. The summed E-state index contributed by atoms with van der Waals surface area (Å²) >= 11 is 0. The van der Waals surface area contributed by atoms with E-state index in [1.807, 2.05) is 0 Å². The van der Waals surface area contributed by atoms with Gasteiger partial charge in [-0.05, 0) is 70.6 Å². The number of hydrogen-bond acceptors (Lipinski definition) is 9. The van der Waals surface area contributed by atoms with Crippen LogP contribution < -0.4 is 0 Å². The zero-order valence-electron chi connectivity index (χ0n) is 43.7. The van der Waals surface area contributed by atoms with Crippen LogP contribution in [-0.2, 0) is 23.7 Å². The summed E-state index contributed by atoms with van der Waals surface area (Å²) in [6.07, 6.45) is 54.8. The van der Waals surface area contributed by atoms with Crippen LogP contribution in [0.15, 0.2) is 36.5 Å². The molecule has 0 radical (unpaired) electrons. The van der Waals surface area contributed by atoms with Crippen molar-refractivity contribution in [3.8, 4) is 0 Å². The Morgan fingerprint density at radius 1 is 0.478 bits per heavy atom. The van der Waals surface area contributed by atoms with Crippen LogP contribution in [0.2, 0.25) is 0 Å². The Kier molecular flexibility index (Phi) is 46.8. The maximum absolute atomic E-state index is 12.9. The van der Waals surface area contributed by atoms with Crippen molar-refractivity contribution in [2.24, 2.45) is 0 Å². The first-order valence-corrected chi connectivity index (χ1v) is 28.6. The van der Waals surface area contributed by atoms with E-state index in [0.717, 1.165) is 44.9 Å². The van der Waals surface area contributed by atoms with Gasteiger partial charge < -0.3 is 39.4 Å². The van der Waals surface area contributed by atoms with E-state index in [2.05, 4.69) is 50.3 Å². The van der Waals surface area contributed by atoms with Gasteiger partial charge in [0.15, 0.2) is 6.29 Å². The smallest absolute Gasteiger partial charge is 0.306 e. The van der Waals surface area contributed by atoms with E-state index in [9.17, 15) is 25.2 Å². The number of ether oxygens (including phenoxy) is 4. The molecule has 394 valence electrons. The number of carbonyl (C=O) groups is 1. The average molecular weight is 949 g/mol. The normalized spacial score (nSPS) is 19.4. The monoisotopic (exact) mass is 949 g/mol. The molecule has 67 heavy (non-hydrogen) atoms. The summed E-state index contributed by atoms with van der Waals surface area (Å²) in [6, 6.07) is 0. The Morgan fingerprint density at radius 2 is 0.866 bits per heavy atom. The summed E-state index contributed by atoms with van der Waals surface area (Å²) in [5.74, 6) is -0.317. The molecule has 0 aromatic carbocycles. The summed E-state index contributed by atoms with van der Waals surface area (Å²) in [6.45, 7) is 4.57. The van der Waals surface area contributed by atoms with Gasteiger partial charge >= 0.3 is 5.97 Å². The number of aliphatic hydroxyl groups is 4. The molecule has 0 amide bonds. The molecule has 0 aromatic rings. The van der Waals surface area contributed by atoms with Crippen LogP contribution >= 0.6 is 0 Å². The molecular weight excluding hydrogens is 841 g/mol. The third-order valence-electron chi connectivity index (χ3n) is 13.3. The van der Waals surface area contributed by atoms with Gasteiger partial charge in [0.05, 0.1) is 19.8 Å². The van der Waals surface area contributed by atoms with Crippen LogP contribution in [0.5, 0.6) is 0 Å². The molecule has 4 N–H and O–H groups in total. The molecular formula is C58H108O9. The van der Waals surface area contributed by atoms with Gasteiger partial charge in [-0.15, -0.1) is 0 Å². The molecule has 1 rings (SSSR count). The van der Waals surface area contributed by atoms with Crippen LogP contribution in [0.1, 0.15) is 264 Å². The van der Waals surface area contributed by atoms with Crippen molar-refractivity contribution in [2.45, 2.75) is 301 Å². The van der Waals surface area contributed by atoms with Crippen molar-refractivity contribution in [1.82, 2.24) is 0 Å². The minimum atomic E-state index is -1.54. The fraction of sp³-hybridized carbons (Fsp3) is 0.879. The van der Waals surface area contributed by atoms with E-state index in [1.165, 1.54) is 199 Å². The van der Waals surface area contributed by atoms with Gasteiger partial charge in [-0.1, -0.05) is 224 Å². The van der Waals surface area contributed by atoms with Gasteiger partial charge in [0.1, 0.15) is 30.5 Å². The molecule has 1 aliphatic rings. The van der Waals surface area contributed by atoms with Crippen molar-refractivity contribution in [3.05, 3.63) is 36.5 Å². The zero-order valence-corrected chi connectivity index (χ0v) is 43.7. The topological polar surface area (TPSA) is 135 Å². The quantitative estimate of drug-likeness (QED) is 0.0267. The first-order chi connectivity index (χ1) is 32.9. The molecule has 6 atom stereocenters. The molecule has 1 saturated heterocycles. The molecule has 0 bridgehead atoms. The highest BCUT2D eigenvalue weighted by Gasteiger charge is 2.44. The Morgan fingerprint density at radius 3 is 1.31 bits per heavy atom. The summed E-state index contributed by atoms with van der Waals surface area (Å²) < 4.78 is 23.0. The number of esters is 1. The number of hydrogen-bond donors (Lipinski definition) is 4. The van der Waals surface area contributed by atoms with Crippen molar-refractivity contribution in [2.75, 3.05) is 26.4 Å². The lowest BCUT2D eigenvalue weighted by atomic mass is 9.99. The molecule has 0 aromatic heterocycles. The Labute approximate surface area is 412 Å². The number of unbranched alkanes of at least 4 members (excludes halogenated alkanes) is 33. The van der Waals surface area contributed by atoms with Crippen molar-refractivity contribution in [3.63, 3.8) is 0 Å². The first-order valence-electron chi connectivity index (χ1n) is 28.6. The summed E-state index contributed by atoms with van der Waals surface area (Å²) in [4.78, 5) is 12.9. The second-order valence-electron chi connectivity index (χ2n) is 19.7. The van der Waals surface area contributed by atoms with E-state index in [-0.39, 0.29) is 19.2 Å². The van der Waals surface area contributed by atoms with Crippen molar-refractivity contribution >= 4 is 5.97 Å². The molecule has 1 heterocycles. The average Bonchev–Trinajstić information content (AvgIpc) is 3.33. The number of rotatable bonds is 50. The maximum Gasteiger partial charge on any atom is 0.306 e. The number of aliphatic hydroxyl groups excluding tert-OH is 4. The van der Waals surface area contributed by atoms with Crippen molar-refractivity contribution in [1.29, 1.82) is 0 Å². The second kappa shape index (κ2) is 49.4. The molecule has 9 nitrogen and oxygen atoms in total. The standard InChI is InChI=1S/C58H108O9/c1-3-5-7-9-11-13-15-17-19-21-23-24-25-26-27-28-29-30-32-34-36-38-40-42-44-46-48-64-50-52(51-65-58-57(63)56(62)55(61)53(49-59)67-58)66-54(60)47-45-43-41-39-37-35-33-31-22-20-18-16-14-12-10-8-6-4-2/h14,16,20-23,52-53,55-59,61-63H,3-13,15,17-19,24-51H2,1-2H3/b16-14-,22-20-,23-21-. The molecule has 9 heteroatoms. The van der Waals surface area contributed by atoms with Crippen LogP contribution in [0.25, 0.3) is 0 Å². The van der Waals surface area contributed by atoms with E-state index in [1.54, 1.807) is 0 Å². The third-order valence-corrected chi connectivity index (χ3v) is 13.3. The van der Waals surface area contributed by atoms with E-state index < -0.39 is 43.4 Å². The van der Waals surface area contributed by atoms with Gasteiger partial charge in [0, 0.05) is 13.0 Å². The Balaban J connectivity index is 2.14. The van der Waals surface area contributed by atoms with Crippen molar-refractivity contribution < 1.29 is 44.2 Å². The molecule has 0 spiro atoms. The first kappa shape index (κ1) is 63.4. The predicted molar refractivity (Wildman–Crippen MR) is 279 cm³/mol. The minimum absolute atomic E-state index is 0.114. The minimum Gasteiger partial charge on any atom is -0.457 e. The van der Waals surface area contributed by atoms with Crippen LogP contribution in [0.4, 0.5) is 0 Å². The highest BCUT2D eigenvalue weighted by molar-refractivity contribution is 5.69. The molecule has 0 saturated carbocycles. The largest absolute Gasteiger partial charge is 0.457 e. The highest BCUT2D eigenvalue weighted by Crippen LogP contribution is 2.23. The van der Waals surface area contributed by atoms with Gasteiger partial charge in [0.2, 0.25) is 0 Å². The zero-order chi connectivity index (χ0) is 48.5. The third kappa shape index (κ3) is 39.8. The lowest BCUT2D eigenvalue weighted by Gasteiger charge is -2.39. The van der Waals surface area contributed by atoms with Gasteiger partial charge in [-0.2, -0.15) is 0 Å². The fourth-order valence-corrected chi connectivity index (χ4v) is 8.81. The van der Waals surface area contributed by atoms with Gasteiger partial charge in [0.25, 0.3) is 0 Å². The lowest BCUT2D eigenvalue weighted by molar-refractivity contribution is -0.305. The van der Waals surface area contributed by atoms with Crippen LogP contribution in [0.3, 0.4) is 0 Å². The molecule has 1 fully saturated rings. The number of allylic oxidation sites excluding steroid dienone is 6. The van der Waals surface area contributed by atoms with Gasteiger partial charge in [-0.25, -0.2) is 0 Å². The lowest BCUT2D eigenvalue weighted by Crippen LogP contribution is -2.59. The summed E-state index contributed by atoms with van der Waals surface area (Å²) in [7, 11) is 0. The molecule has 6 unspecified atom stereocenters. The van der Waals surface area contributed by atoms with Gasteiger partial charge in [-0.3, -0.25) is 4.79 Å². The highest BCUT2D eigenvalue weighted by atomic mass is 16.7. The predicted octanol–water partition coefficient (Wildman–Crippen LogP) is 14.7. The molecule has 0 aliphatic carbocycles. The fourth-order valence-electron chi connectivity index (χ4n) is 8.81. The Hall–Kier alpha value is -1.59. The number of carbonyl (C=O) groups excluding carboxylic acids is 1. The van der Waals surface area contributed by atoms with E-state index in [0.29, 0.717) is 13.0 Å². The van der Waals surface area contributed by atoms with E-state index >= 15 is 0 Å².